The number of hydrogen-bond acceptors (Lipinski definition) is 3. The Balaban J connectivity index is 3.23. The van der Waals surface area contributed by atoms with E-state index in [0.717, 1.165) is 12.3 Å². The molecule has 0 unspecified atom stereocenters. The summed E-state index contributed by atoms with van der Waals surface area (Å²) in [6, 6.07) is 0.792. The number of hydrogen-bond donors (Lipinski definition) is 3. The average molecular weight is 157 g/mol. The Morgan fingerprint density at radius 2 is 2.18 bits per heavy atom. The van der Waals surface area contributed by atoms with Crippen molar-refractivity contribution in [2.24, 2.45) is 0 Å². The zero-order valence-electron chi connectivity index (χ0n) is 5.41. The molecule has 0 saturated carbocycles. The molecule has 0 aliphatic rings. The number of aromatic nitrogens is 1. The van der Waals surface area contributed by atoms with Crippen molar-refractivity contribution >= 4 is 12.6 Å². The summed E-state index contributed by atoms with van der Waals surface area (Å²) in [5.74, 6) is -0.848. The lowest BCUT2D eigenvalue weighted by molar-refractivity contribution is 0.422. The van der Waals surface area contributed by atoms with Crippen LogP contribution in [0, 0.1) is 5.82 Å². The molecule has 11 heavy (non-hydrogen) atoms. The van der Waals surface area contributed by atoms with Crippen LogP contribution in [0.4, 0.5) is 4.39 Å². The maximum atomic E-state index is 12.5. The second kappa shape index (κ2) is 2.85. The van der Waals surface area contributed by atoms with Crippen LogP contribution in [0.2, 0.25) is 0 Å². The second-order valence-corrected chi connectivity index (χ2v) is 1.97. The van der Waals surface area contributed by atoms with Gasteiger partial charge in [-0.3, -0.25) is 4.79 Å². The highest BCUT2D eigenvalue weighted by Crippen LogP contribution is 1.86. The molecule has 0 aliphatic carbocycles. The highest BCUT2D eigenvalue weighted by molar-refractivity contribution is 6.58. The van der Waals surface area contributed by atoms with E-state index >= 15 is 0 Å². The molecule has 0 amide bonds. The van der Waals surface area contributed by atoms with Gasteiger partial charge in [-0.1, -0.05) is 0 Å². The predicted octanol–water partition coefficient (Wildman–Crippen LogP) is -1.81. The molecule has 3 N–H and O–H groups in total. The number of nitrogens with one attached hydrogen (secondary N) is 1. The molecule has 58 valence electrons. The molecule has 6 heteroatoms. The number of H-pyrrole nitrogens is 1. The summed E-state index contributed by atoms with van der Waals surface area (Å²) >= 11 is 0. The Kier molecular flexibility index (Phi) is 2.07. The minimum Gasteiger partial charge on any atom is -0.423 e. The summed E-state index contributed by atoms with van der Waals surface area (Å²) in [6.45, 7) is 0. The average Bonchev–Trinajstić information content (AvgIpc) is 1.94. The molecule has 0 aromatic carbocycles. The molecule has 0 bridgehead atoms. The first-order valence-corrected chi connectivity index (χ1v) is 2.85. The Morgan fingerprint density at radius 1 is 1.55 bits per heavy atom. The maximum Gasteiger partial charge on any atom is 0.491 e. The molecule has 1 aromatic rings. The Bertz CT molecular complexity index is 311. The van der Waals surface area contributed by atoms with Gasteiger partial charge in [0.2, 0.25) is 5.56 Å². The first-order valence-electron chi connectivity index (χ1n) is 2.85. The fourth-order valence-electron chi connectivity index (χ4n) is 0.668. The van der Waals surface area contributed by atoms with E-state index in [4.69, 9.17) is 10.0 Å². The molecule has 1 rings (SSSR count). The molecule has 0 aliphatic heterocycles. The van der Waals surface area contributed by atoms with Gasteiger partial charge in [0.1, 0.15) is 5.82 Å². The molecule has 4 nitrogen and oxygen atoms in total. The van der Waals surface area contributed by atoms with Gasteiger partial charge >= 0.3 is 7.12 Å². The van der Waals surface area contributed by atoms with Gasteiger partial charge in [-0.05, 0) is 0 Å². The van der Waals surface area contributed by atoms with E-state index in [1.54, 1.807) is 0 Å². The van der Waals surface area contributed by atoms with Crippen LogP contribution in [0.15, 0.2) is 17.1 Å². The summed E-state index contributed by atoms with van der Waals surface area (Å²) in [4.78, 5) is 12.5. The van der Waals surface area contributed by atoms with Crippen LogP contribution in [0.5, 0.6) is 0 Å². The summed E-state index contributed by atoms with van der Waals surface area (Å²) < 4.78 is 12.5. The lowest BCUT2D eigenvalue weighted by atomic mass is 9.81. The minimum absolute atomic E-state index is 0.422. The van der Waals surface area contributed by atoms with Crippen LogP contribution >= 0.6 is 0 Å². The zero-order valence-corrected chi connectivity index (χ0v) is 5.41. The van der Waals surface area contributed by atoms with Crippen molar-refractivity contribution in [2.45, 2.75) is 0 Å². The number of rotatable bonds is 1. The Labute approximate surface area is 61.5 Å². The van der Waals surface area contributed by atoms with E-state index in [2.05, 4.69) is 0 Å². The first-order chi connectivity index (χ1) is 5.11. The van der Waals surface area contributed by atoms with Gasteiger partial charge < -0.3 is 15.0 Å². The number of halogens is 1. The second-order valence-electron chi connectivity index (χ2n) is 1.97. The smallest absolute Gasteiger partial charge is 0.423 e. The van der Waals surface area contributed by atoms with Crippen molar-refractivity contribution in [1.82, 2.24) is 4.98 Å². The summed E-state index contributed by atoms with van der Waals surface area (Å²) in [7, 11) is -1.95. The SMILES string of the molecule is O=c1cc(B(O)O)c(F)c[nH]1. The van der Waals surface area contributed by atoms with Crippen LogP contribution in [0.3, 0.4) is 0 Å². The van der Waals surface area contributed by atoms with E-state index in [1.807, 2.05) is 4.98 Å². The van der Waals surface area contributed by atoms with Gasteiger partial charge in [0, 0.05) is 17.7 Å². The standard InChI is InChI=1S/C5H5BFNO3/c7-4-2-8-5(9)1-3(4)6(10)11/h1-2,10-11H,(H,8,9). The first kappa shape index (κ1) is 7.97. The third-order valence-electron chi connectivity index (χ3n) is 1.18. The topological polar surface area (TPSA) is 73.3 Å². The monoisotopic (exact) mass is 157 g/mol. The highest BCUT2D eigenvalue weighted by Gasteiger charge is 2.16. The Morgan fingerprint density at radius 3 is 2.64 bits per heavy atom. The number of aromatic amines is 1. The van der Waals surface area contributed by atoms with Crippen LogP contribution in [0.1, 0.15) is 0 Å². The molecule has 0 radical (unpaired) electrons. The zero-order chi connectivity index (χ0) is 8.43. The molecule has 0 atom stereocenters. The van der Waals surface area contributed by atoms with Crippen molar-refractivity contribution in [3.05, 3.63) is 28.4 Å². The van der Waals surface area contributed by atoms with Crippen molar-refractivity contribution < 1.29 is 14.4 Å². The summed E-state index contributed by atoms with van der Waals surface area (Å²) in [6.07, 6.45) is 0.775. The molecule has 1 heterocycles. The summed E-state index contributed by atoms with van der Waals surface area (Å²) in [5, 5.41) is 17.0. The molecular formula is C5H5BFNO3. The van der Waals surface area contributed by atoms with Gasteiger partial charge in [0.05, 0.1) is 0 Å². The molecule has 0 saturated heterocycles. The van der Waals surface area contributed by atoms with Crippen molar-refractivity contribution in [3.63, 3.8) is 0 Å². The fraction of sp³-hybridized carbons (Fsp3) is 0. The lowest BCUT2D eigenvalue weighted by Crippen LogP contribution is -2.35. The molecular weight excluding hydrogens is 152 g/mol. The maximum absolute atomic E-state index is 12.5. The van der Waals surface area contributed by atoms with Crippen LogP contribution in [-0.4, -0.2) is 22.2 Å². The quantitative estimate of drug-likeness (QED) is 0.420. The Hall–Kier alpha value is -1.14. The lowest BCUT2D eigenvalue weighted by Gasteiger charge is -1.97. The normalized spacial score (nSPS) is 9.73. The van der Waals surface area contributed by atoms with E-state index in [-0.39, 0.29) is 0 Å². The van der Waals surface area contributed by atoms with E-state index in [0.29, 0.717) is 0 Å². The van der Waals surface area contributed by atoms with Crippen LogP contribution in [0.25, 0.3) is 0 Å². The fourth-order valence-corrected chi connectivity index (χ4v) is 0.668. The molecule has 0 fully saturated rings. The third-order valence-corrected chi connectivity index (χ3v) is 1.18. The molecule has 0 spiro atoms. The summed E-state index contributed by atoms with van der Waals surface area (Å²) in [5.41, 5.74) is -0.997. The molecule has 1 aromatic heterocycles. The predicted molar refractivity (Wildman–Crippen MR) is 36.8 cm³/mol. The van der Waals surface area contributed by atoms with Crippen molar-refractivity contribution in [1.29, 1.82) is 0 Å². The van der Waals surface area contributed by atoms with E-state index in [9.17, 15) is 9.18 Å². The van der Waals surface area contributed by atoms with Gasteiger partial charge in [-0.15, -0.1) is 0 Å². The number of pyridine rings is 1. The highest BCUT2D eigenvalue weighted by atomic mass is 19.1. The van der Waals surface area contributed by atoms with Crippen molar-refractivity contribution in [2.75, 3.05) is 0 Å². The van der Waals surface area contributed by atoms with Gasteiger partial charge in [-0.25, -0.2) is 4.39 Å². The van der Waals surface area contributed by atoms with E-state index < -0.39 is 24.0 Å². The minimum atomic E-state index is -1.95. The van der Waals surface area contributed by atoms with Gasteiger partial charge in [0.25, 0.3) is 0 Å². The van der Waals surface area contributed by atoms with Gasteiger partial charge in [-0.2, -0.15) is 0 Å². The van der Waals surface area contributed by atoms with Gasteiger partial charge in [0.15, 0.2) is 0 Å². The van der Waals surface area contributed by atoms with Crippen LogP contribution in [-0.2, 0) is 0 Å². The third kappa shape index (κ3) is 1.66. The van der Waals surface area contributed by atoms with Crippen LogP contribution < -0.4 is 11.0 Å². The largest absolute Gasteiger partial charge is 0.491 e. The van der Waals surface area contributed by atoms with E-state index in [1.165, 1.54) is 0 Å². The van der Waals surface area contributed by atoms with Crippen molar-refractivity contribution in [3.8, 4) is 0 Å².